The lowest BCUT2D eigenvalue weighted by Crippen LogP contribution is -2.51. The number of carbonyl (C=O) groups is 1. The molecular formula is C20H28F2N2O2. The molecule has 4 nitrogen and oxygen atoms in total. The van der Waals surface area contributed by atoms with Gasteiger partial charge in [0.15, 0.2) is 0 Å². The van der Waals surface area contributed by atoms with E-state index in [0.717, 1.165) is 25.9 Å². The molecule has 0 spiro atoms. The van der Waals surface area contributed by atoms with E-state index in [4.69, 9.17) is 0 Å². The van der Waals surface area contributed by atoms with Crippen molar-refractivity contribution in [3.8, 4) is 5.75 Å². The first-order valence-corrected chi connectivity index (χ1v) is 9.68. The highest BCUT2D eigenvalue weighted by molar-refractivity contribution is 5.79. The van der Waals surface area contributed by atoms with Gasteiger partial charge in [0.25, 0.3) is 0 Å². The van der Waals surface area contributed by atoms with Crippen LogP contribution in [0.4, 0.5) is 8.78 Å². The van der Waals surface area contributed by atoms with E-state index in [-0.39, 0.29) is 24.1 Å². The van der Waals surface area contributed by atoms with Crippen molar-refractivity contribution in [1.82, 2.24) is 10.2 Å². The van der Waals surface area contributed by atoms with Crippen LogP contribution in [0.5, 0.6) is 5.75 Å². The van der Waals surface area contributed by atoms with Crippen LogP contribution >= 0.6 is 0 Å². The molecule has 1 aromatic rings. The van der Waals surface area contributed by atoms with Gasteiger partial charge in [-0.05, 0) is 38.3 Å². The molecule has 1 saturated carbocycles. The summed E-state index contributed by atoms with van der Waals surface area (Å²) in [5.41, 5.74) is 0.491. The van der Waals surface area contributed by atoms with E-state index >= 15 is 0 Å². The number of hydrogen-bond acceptors (Lipinski definition) is 3. The van der Waals surface area contributed by atoms with E-state index in [2.05, 4.69) is 15.0 Å². The molecule has 1 amide bonds. The van der Waals surface area contributed by atoms with Crippen molar-refractivity contribution in [2.45, 2.75) is 70.1 Å². The average molecular weight is 366 g/mol. The summed E-state index contributed by atoms with van der Waals surface area (Å²) < 4.78 is 29.5. The molecule has 1 N–H and O–H groups in total. The summed E-state index contributed by atoms with van der Waals surface area (Å²) in [6, 6.07) is 7.28. The number of nitrogens with one attached hydrogen (secondary N) is 1. The van der Waals surface area contributed by atoms with Gasteiger partial charge in [-0.2, -0.15) is 8.78 Å². The lowest BCUT2D eigenvalue weighted by molar-refractivity contribution is -0.121. The van der Waals surface area contributed by atoms with Gasteiger partial charge in [0.1, 0.15) is 5.75 Å². The van der Waals surface area contributed by atoms with E-state index in [1.807, 2.05) is 0 Å². The standard InChI is InChI=1S/C20H28F2N2O2/c21-20(22)26-18-11-5-4-7-15(18)13-19(25)23-16-8-6-12-24(14-16)17-9-2-1-3-10-17/h4-5,7,11,16-17,20H,1-3,6,8-10,12-14H2,(H,23,25). The lowest BCUT2D eigenvalue weighted by atomic mass is 9.92. The Hall–Kier alpha value is -1.69. The second-order valence-corrected chi connectivity index (χ2v) is 7.36. The molecule has 1 saturated heterocycles. The zero-order chi connectivity index (χ0) is 18.4. The number of halogens is 2. The minimum Gasteiger partial charge on any atom is -0.435 e. The Morgan fingerprint density at radius 2 is 1.92 bits per heavy atom. The zero-order valence-corrected chi connectivity index (χ0v) is 15.1. The van der Waals surface area contributed by atoms with Crippen molar-refractivity contribution in [3.63, 3.8) is 0 Å². The molecule has 1 aliphatic carbocycles. The lowest BCUT2D eigenvalue weighted by Gasteiger charge is -2.40. The molecule has 26 heavy (non-hydrogen) atoms. The van der Waals surface area contributed by atoms with Crippen molar-refractivity contribution in [3.05, 3.63) is 29.8 Å². The van der Waals surface area contributed by atoms with E-state index in [0.29, 0.717) is 11.6 Å². The van der Waals surface area contributed by atoms with Gasteiger partial charge in [-0.1, -0.05) is 37.5 Å². The van der Waals surface area contributed by atoms with Crippen LogP contribution in [-0.2, 0) is 11.2 Å². The minimum absolute atomic E-state index is 0.0584. The summed E-state index contributed by atoms with van der Waals surface area (Å²) in [6.07, 6.45) is 8.60. The van der Waals surface area contributed by atoms with Crippen LogP contribution in [0.25, 0.3) is 0 Å². The molecule has 1 atom stereocenters. The smallest absolute Gasteiger partial charge is 0.387 e. The molecule has 0 bridgehead atoms. The van der Waals surface area contributed by atoms with Crippen LogP contribution in [0.3, 0.4) is 0 Å². The van der Waals surface area contributed by atoms with Gasteiger partial charge in [-0.3, -0.25) is 9.69 Å². The van der Waals surface area contributed by atoms with Crippen LogP contribution in [0.1, 0.15) is 50.5 Å². The maximum atomic E-state index is 12.5. The van der Waals surface area contributed by atoms with Crippen molar-refractivity contribution in [2.24, 2.45) is 0 Å². The first-order valence-electron chi connectivity index (χ1n) is 9.68. The Balaban J connectivity index is 1.53. The predicted molar refractivity (Wildman–Crippen MR) is 96.4 cm³/mol. The Bertz CT molecular complexity index is 591. The van der Waals surface area contributed by atoms with Crippen molar-refractivity contribution >= 4 is 5.91 Å². The van der Waals surface area contributed by atoms with Gasteiger partial charge < -0.3 is 10.1 Å². The number of rotatable bonds is 6. The number of hydrogen-bond donors (Lipinski definition) is 1. The largest absolute Gasteiger partial charge is 0.435 e. The van der Waals surface area contributed by atoms with Crippen molar-refractivity contribution in [2.75, 3.05) is 13.1 Å². The number of para-hydroxylation sites is 1. The van der Waals surface area contributed by atoms with Gasteiger partial charge in [0.05, 0.1) is 6.42 Å². The van der Waals surface area contributed by atoms with Crippen molar-refractivity contribution in [1.29, 1.82) is 0 Å². The Morgan fingerprint density at radius 3 is 2.69 bits per heavy atom. The quantitative estimate of drug-likeness (QED) is 0.834. The third-order valence-corrected chi connectivity index (χ3v) is 5.45. The minimum atomic E-state index is -2.89. The van der Waals surface area contributed by atoms with E-state index in [1.54, 1.807) is 18.2 Å². The number of amides is 1. The molecule has 1 aromatic carbocycles. The highest BCUT2D eigenvalue weighted by atomic mass is 19.3. The van der Waals surface area contributed by atoms with Crippen LogP contribution in [-0.4, -0.2) is 42.6 Å². The SMILES string of the molecule is O=C(Cc1ccccc1OC(F)F)NC1CCCN(C2CCCCC2)C1. The molecule has 1 heterocycles. The number of benzene rings is 1. The van der Waals surface area contributed by atoms with Crippen molar-refractivity contribution < 1.29 is 18.3 Å². The molecule has 0 radical (unpaired) electrons. The van der Waals surface area contributed by atoms with E-state index in [9.17, 15) is 13.6 Å². The molecular weight excluding hydrogens is 338 g/mol. The van der Waals surface area contributed by atoms with Gasteiger partial charge in [0, 0.05) is 24.2 Å². The summed E-state index contributed by atoms with van der Waals surface area (Å²) in [6.45, 7) is -0.880. The van der Waals surface area contributed by atoms with Crippen LogP contribution in [0.15, 0.2) is 24.3 Å². The Morgan fingerprint density at radius 1 is 1.15 bits per heavy atom. The second-order valence-electron chi connectivity index (χ2n) is 7.36. The number of carbonyl (C=O) groups excluding carboxylic acids is 1. The molecule has 0 aromatic heterocycles. The molecule has 1 aliphatic heterocycles. The maximum Gasteiger partial charge on any atom is 0.387 e. The highest BCUT2D eigenvalue weighted by Crippen LogP contribution is 2.25. The number of ether oxygens (including phenoxy) is 1. The molecule has 1 unspecified atom stereocenters. The first-order chi connectivity index (χ1) is 12.6. The summed E-state index contributed by atoms with van der Waals surface area (Å²) >= 11 is 0. The van der Waals surface area contributed by atoms with E-state index < -0.39 is 6.61 Å². The first kappa shape index (κ1) is 19.1. The fourth-order valence-corrected chi connectivity index (χ4v) is 4.21. The van der Waals surface area contributed by atoms with Crippen LogP contribution in [0.2, 0.25) is 0 Å². The normalized spacial score (nSPS) is 22.3. The van der Waals surface area contributed by atoms with Gasteiger partial charge >= 0.3 is 6.61 Å². The molecule has 6 heteroatoms. The van der Waals surface area contributed by atoms with E-state index in [1.165, 1.54) is 38.2 Å². The van der Waals surface area contributed by atoms with Gasteiger partial charge in [-0.15, -0.1) is 0 Å². The van der Waals surface area contributed by atoms with Gasteiger partial charge in [0.2, 0.25) is 5.91 Å². The molecule has 3 rings (SSSR count). The average Bonchev–Trinajstić information content (AvgIpc) is 2.64. The van der Waals surface area contributed by atoms with Crippen LogP contribution in [0, 0.1) is 0 Å². The summed E-state index contributed by atoms with van der Waals surface area (Å²) in [5.74, 6) is -0.0593. The fraction of sp³-hybridized carbons (Fsp3) is 0.650. The Labute approximate surface area is 153 Å². The maximum absolute atomic E-state index is 12.5. The second kappa shape index (κ2) is 9.31. The number of piperidine rings is 1. The monoisotopic (exact) mass is 366 g/mol. The number of nitrogens with zero attached hydrogens (tertiary/aromatic N) is 1. The molecule has 2 fully saturated rings. The van der Waals surface area contributed by atoms with Crippen LogP contribution < -0.4 is 10.1 Å². The third-order valence-electron chi connectivity index (χ3n) is 5.45. The zero-order valence-electron chi connectivity index (χ0n) is 15.1. The Kier molecular flexibility index (Phi) is 6.83. The molecule has 2 aliphatic rings. The predicted octanol–water partition coefficient (Wildman–Crippen LogP) is 3.74. The molecule has 144 valence electrons. The highest BCUT2D eigenvalue weighted by Gasteiger charge is 2.27. The number of alkyl halides is 2. The topological polar surface area (TPSA) is 41.6 Å². The van der Waals surface area contributed by atoms with Gasteiger partial charge in [-0.25, -0.2) is 0 Å². The fourth-order valence-electron chi connectivity index (χ4n) is 4.21. The summed E-state index contributed by atoms with van der Waals surface area (Å²) in [7, 11) is 0. The summed E-state index contributed by atoms with van der Waals surface area (Å²) in [4.78, 5) is 15.0. The number of likely N-dealkylation sites (tertiary alicyclic amines) is 1. The third kappa shape index (κ3) is 5.40. The summed E-state index contributed by atoms with van der Waals surface area (Å²) in [5, 5.41) is 3.09.